The topological polar surface area (TPSA) is 81.2 Å². The monoisotopic (exact) mass is 475 g/mol. The number of nitrogens with zero attached hydrogens (tertiary/aromatic N) is 3. The molecule has 1 spiro atoms. The van der Waals surface area contributed by atoms with Crippen molar-refractivity contribution in [2.45, 2.75) is 68.7 Å². The van der Waals surface area contributed by atoms with Crippen molar-refractivity contribution in [2.24, 2.45) is 17.8 Å². The van der Waals surface area contributed by atoms with E-state index < -0.39 is 39.0 Å². The maximum atomic E-state index is 14.2. The van der Waals surface area contributed by atoms with Crippen LogP contribution in [0.3, 0.4) is 0 Å². The van der Waals surface area contributed by atoms with Gasteiger partial charge in [-0.2, -0.15) is 0 Å². The Kier molecular flexibility index (Phi) is 5.80. The number of amides is 3. The Labute approximate surface area is 201 Å². The van der Waals surface area contributed by atoms with Crippen LogP contribution < -0.4 is 0 Å². The van der Waals surface area contributed by atoms with Crippen LogP contribution in [0.15, 0.2) is 24.3 Å². The van der Waals surface area contributed by atoms with Crippen LogP contribution in [0.5, 0.6) is 0 Å². The summed E-state index contributed by atoms with van der Waals surface area (Å²) in [5.74, 6) is -1.64. The number of fused-ring (bicyclic) bond motifs is 2. The second-order valence-electron chi connectivity index (χ2n) is 11.4. The fourth-order valence-electron chi connectivity index (χ4n) is 6.16. The molecule has 0 saturated carbocycles. The number of aliphatic hydroxyl groups is 1. The molecule has 0 radical (unpaired) electrons. The molecule has 0 aliphatic carbocycles. The Bertz CT molecular complexity index is 925. The highest BCUT2D eigenvalue weighted by molar-refractivity contribution is 8.02. The van der Waals surface area contributed by atoms with Gasteiger partial charge in [-0.25, -0.2) is 0 Å². The lowest BCUT2D eigenvalue weighted by molar-refractivity contribution is -0.149. The molecule has 2 fully saturated rings. The molecule has 0 aromatic heterocycles. The summed E-state index contributed by atoms with van der Waals surface area (Å²) in [6.07, 6.45) is 8.08. The van der Waals surface area contributed by atoms with E-state index in [1.54, 1.807) is 28.6 Å². The summed E-state index contributed by atoms with van der Waals surface area (Å²) in [7, 11) is 1.77. The third-order valence-corrected chi connectivity index (χ3v) is 9.62. The molecule has 4 heterocycles. The minimum atomic E-state index is -0.867. The van der Waals surface area contributed by atoms with E-state index >= 15 is 0 Å². The molecule has 182 valence electrons. The molecule has 33 heavy (non-hydrogen) atoms. The highest BCUT2D eigenvalue weighted by Gasteiger charge is 2.74. The van der Waals surface area contributed by atoms with Gasteiger partial charge in [0.15, 0.2) is 0 Å². The summed E-state index contributed by atoms with van der Waals surface area (Å²) in [4.78, 5) is 47.2. The number of likely N-dealkylation sites (N-methyl/N-ethyl adjacent to an activating group) is 1. The molecule has 4 aliphatic rings. The number of likely N-dealkylation sites (tertiary alicyclic amines) is 1. The van der Waals surface area contributed by atoms with E-state index in [9.17, 15) is 19.5 Å². The Hall–Kier alpha value is -1.80. The van der Waals surface area contributed by atoms with Crippen LogP contribution in [-0.4, -0.2) is 91.4 Å². The zero-order chi connectivity index (χ0) is 24.5. The number of carbonyl (C=O) groups excluding carboxylic acids is 3. The Balaban J connectivity index is 1.95. The summed E-state index contributed by atoms with van der Waals surface area (Å²) in [5.41, 5.74) is -0.431. The third-order valence-electron chi connectivity index (χ3n) is 7.82. The Morgan fingerprint density at radius 2 is 1.70 bits per heavy atom. The number of hydrogen-bond acceptors (Lipinski definition) is 5. The van der Waals surface area contributed by atoms with Gasteiger partial charge in [-0.15, -0.1) is 11.8 Å². The summed E-state index contributed by atoms with van der Waals surface area (Å²) >= 11 is 1.58. The lowest BCUT2D eigenvalue weighted by atomic mass is 9.74. The van der Waals surface area contributed by atoms with Crippen molar-refractivity contribution in [3.05, 3.63) is 24.3 Å². The van der Waals surface area contributed by atoms with Crippen LogP contribution in [0.25, 0.3) is 0 Å². The van der Waals surface area contributed by atoms with E-state index in [1.165, 1.54) is 0 Å². The van der Waals surface area contributed by atoms with Crippen LogP contribution in [0, 0.1) is 17.8 Å². The second kappa shape index (κ2) is 7.87. The lowest BCUT2D eigenvalue weighted by Gasteiger charge is -2.43. The predicted molar refractivity (Wildman–Crippen MR) is 129 cm³/mol. The predicted octanol–water partition coefficient (Wildman–Crippen LogP) is 1.92. The van der Waals surface area contributed by atoms with Gasteiger partial charge in [0.2, 0.25) is 17.7 Å². The van der Waals surface area contributed by atoms with Gasteiger partial charge in [-0.05, 0) is 33.6 Å². The molecule has 1 unspecified atom stereocenters. The molecule has 0 aromatic rings. The summed E-state index contributed by atoms with van der Waals surface area (Å²) in [5, 5.41) is 10.3. The summed E-state index contributed by atoms with van der Waals surface area (Å²) in [6, 6.07) is -1.27. The first-order chi connectivity index (χ1) is 15.3. The molecule has 6 atom stereocenters. The summed E-state index contributed by atoms with van der Waals surface area (Å²) < 4.78 is -1.46. The number of hydrogen-bond donors (Lipinski definition) is 1. The maximum Gasteiger partial charge on any atom is 0.247 e. The van der Waals surface area contributed by atoms with Crippen LogP contribution in [0.2, 0.25) is 0 Å². The van der Waals surface area contributed by atoms with Crippen molar-refractivity contribution in [3.8, 4) is 0 Å². The Morgan fingerprint density at radius 1 is 1.06 bits per heavy atom. The molecule has 1 N–H and O–H groups in total. The molecule has 0 aromatic carbocycles. The minimum Gasteiger partial charge on any atom is -0.394 e. The maximum absolute atomic E-state index is 14.2. The molecule has 3 amide bonds. The van der Waals surface area contributed by atoms with Crippen LogP contribution >= 0.6 is 11.8 Å². The molecule has 4 rings (SSSR count). The minimum absolute atomic E-state index is 0.0401. The largest absolute Gasteiger partial charge is 0.394 e. The van der Waals surface area contributed by atoms with Crippen molar-refractivity contribution >= 4 is 29.5 Å². The smallest absolute Gasteiger partial charge is 0.247 e. The van der Waals surface area contributed by atoms with E-state index in [1.807, 2.05) is 64.7 Å². The first-order valence-corrected chi connectivity index (χ1v) is 12.7. The van der Waals surface area contributed by atoms with Gasteiger partial charge in [-0.1, -0.05) is 38.2 Å². The fourth-order valence-corrected chi connectivity index (χ4v) is 8.31. The van der Waals surface area contributed by atoms with E-state index in [0.29, 0.717) is 13.1 Å². The van der Waals surface area contributed by atoms with Gasteiger partial charge in [0.05, 0.1) is 29.2 Å². The lowest BCUT2D eigenvalue weighted by Crippen LogP contribution is -2.60. The van der Waals surface area contributed by atoms with Gasteiger partial charge >= 0.3 is 0 Å². The Morgan fingerprint density at radius 3 is 2.27 bits per heavy atom. The van der Waals surface area contributed by atoms with Gasteiger partial charge < -0.3 is 19.8 Å². The van der Waals surface area contributed by atoms with Gasteiger partial charge in [0.1, 0.15) is 6.04 Å². The molecule has 4 aliphatic heterocycles. The third kappa shape index (κ3) is 3.39. The zero-order valence-corrected chi connectivity index (χ0v) is 21.6. The average molecular weight is 476 g/mol. The molecular formula is C25H37N3O4S. The fraction of sp³-hybridized carbons (Fsp3) is 0.720. The van der Waals surface area contributed by atoms with E-state index in [-0.39, 0.29) is 30.2 Å². The highest BCUT2D eigenvalue weighted by Crippen LogP contribution is 2.66. The van der Waals surface area contributed by atoms with Crippen molar-refractivity contribution in [1.82, 2.24) is 14.7 Å². The van der Waals surface area contributed by atoms with Gasteiger partial charge in [0.25, 0.3) is 0 Å². The first kappa shape index (κ1) is 24.3. The molecule has 2 saturated heterocycles. The SMILES string of the molecule is CC(C)[C@H](CO)N1C(=O)[C@@H]2[C@H]3C(=O)N(C)CC=C[C@@]3(C)S[C@@]23C=CCN(C(C)(C)C)C(=O)C13. The number of aliphatic hydroxyl groups excluding tert-OH is 1. The second-order valence-corrected chi connectivity index (χ2v) is 13.2. The van der Waals surface area contributed by atoms with Crippen molar-refractivity contribution in [2.75, 3.05) is 26.7 Å². The van der Waals surface area contributed by atoms with E-state index in [2.05, 4.69) is 6.08 Å². The molecular weight excluding hydrogens is 438 g/mol. The molecule has 8 heteroatoms. The zero-order valence-electron chi connectivity index (χ0n) is 20.7. The van der Waals surface area contributed by atoms with Crippen LogP contribution in [-0.2, 0) is 14.4 Å². The molecule has 0 bridgehead atoms. The number of rotatable bonds is 3. The quantitative estimate of drug-likeness (QED) is 0.631. The van der Waals surface area contributed by atoms with E-state index in [4.69, 9.17) is 0 Å². The van der Waals surface area contributed by atoms with E-state index in [0.717, 1.165) is 0 Å². The van der Waals surface area contributed by atoms with Crippen LogP contribution in [0.4, 0.5) is 0 Å². The van der Waals surface area contributed by atoms with Crippen molar-refractivity contribution < 1.29 is 19.5 Å². The summed E-state index contributed by atoms with van der Waals surface area (Å²) in [6.45, 7) is 12.7. The van der Waals surface area contributed by atoms with Crippen molar-refractivity contribution in [1.29, 1.82) is 0 Å². The normalized spacial score (nSPS) is 37.3. The van der Waals surface area contributed by atoms with Crippen LogP contribution in [0.1, 0.15) is 41.5 Å². The number of carbonyl (C=O) groups is 3. The number of thioether (sulfide) groups is 1. The molecule has 7 nitrogen and oxygen atoms in total. The highest BCUT2D eigenvalue weighted by atomic mass is 32.2. The average Bonchev–Trinajstić information content (AvgIpc) is 2.97. The van der Waals surface area contributed by atoms with Gasteiger partial charge in [-0.3, -0.25) is 14.4 Å². The van der Waals surface area contributed by atoms with Crippen molar-refractivity contribution in [3.63, 3.8) is 0 Å². The standard InChI is InChI=1S/C25H37N3O4S/c1-15(2)16(14-29)28-19-22(32)27(23(3,4)5)13-9-11-25(19)18(21(28)31)17-20(30)26(7)12-8-10-24(17,6)33-25/h8-11,15-19,29H,12-14H2,1-7H3/t16-,17-,18-,19?,24+,25-/m0/s1. The first-order valence-electron chi connectivity index (χ1n) is 11.8. The van der Waals surface area contributed by atoms with Gasteiger partial charge in [0, 0.05) is 30.4 Å².